The van der Waals surface area contributed by atoms with Crippen LogP contribution in [0.15, 0.2) is 65.7 Å². The van der Waals surface area contributed by atoms with E-state index in [4.69, 9.17) is 16.3 Å². The maximum atomic E-state index is 12.8. The third-order valence-electron chi connectivity index (χ3n) is 5.88. The highest BCUT2D eigenvalue weighted by Crippen LogP contribution is 2.34. The minimum absolute atomic E-state index is 0.191. The lowest BCUT2D eigenvalue weighted by molar-refractivity contribution is 0.122. The van der Waals surface area contributed by atoms with Gasteiger partial charge in [-0.05, 0) is 54.4 Å². The Morgan fingerprint density at radius 3 is 2.62 bits per heavy atom. The number of nitrogens with one attached hydrogen (secondary N) is 2. The molecule has 1 aliphatic rings. The van der Waals surface area contributed by atoms with E-state index in [1.165, 1.54) is 0 Å². The Hall–Kier alpha value is -3.35. The van der Waals surface area contributed by atoms with Gasteiger partial charge < -0.3 is 19.9 Å². The fourth-order valence-electron chi connectivity index (χ4n) is 4.13. The number of morpholine rings is 1. The van der Waals surface area contributed by atoms with E-state index in [1.807, 2.05) is 43.3 Å². The zero-order valence-corrected chi connectivity index (χ0v) is 18.4. The number of aromatic amines is 1. The molecule has 32 heavy (non-hydrogen) atoms. The van der Waals surface area contributed by atoms with Crippen molar-refractivity contribution in [2.45, 2.75) is 6.92 Å². The molecule has 2 aromatic carbocycles. The van der Waals surface area contributed by atoms with Gasteiger partial charge in [0.25, 0.3) is 5.56 Å². The van der Waals surface area contributed by atoms with Crippen LogP contribution >= 0.6 is 11.6 Å². The van der Waals surface area contributed by atoms with Crippen LogP contribution in [0, 0.1) is 6.92 Å². The normalized spacial score (nSPS) is 14.0. The second-order valence-corrected chi connectivity index (χ2v) is 8.20. The minimum atomic E-state index is -0.191. The number of pyridine rings is 2. The monoisotopic (exact) mass is 446 g/mol. The Balaban J connectivity index is 1.53. The van der Waals surface area contributed by atoms with Crippen molar-refractivity contribution in [3.63, 3.8) is 0 Å². The van der Waals surface area contributed by atoms with Crippen molar-refractivity contribution in [2.24, 2.45) is 0 Å². The van der Waals surface area contributed by atoms with Crippen LogP contribution in [0.3, 0.4) is 0 Å². The second-order valence-electron chi connectivity index (χ2n) is 7.80. The molecule has 162 valence electrons. The molecule has 2 N–H and O–H groups in total. The number of rotatable bonds is 4. The van der Waals surface area contributed by atoms with E-state index in [0.717, 1.165) is 59.8 Å². The van der Waals surface area contributed by atoms with Crippen LogP contribution in [0.1, 0.15) is 5.56 Å². The summed E-state index contributed by atoms with van der Waals surface area (Å²) in [7, 11) is 0. The molecule has 2 aromatic heterocycles. The van der Waals surface area contributed by atoms with Gasteiger partial charge in [0.05, 0.1) is 18.6 Å². The molecule has 0 spiro atoms. The Kier molecular flexibility index (Phi) is 5.55. The van der Waals surface area contributed by atoms with Crippen LogP contribution in [0.2, 0.25) is 5.02 Å². The van der Waals surface area contributed by atoms with Gasteiger partial charge >= 0.3 is 0 Å². The molecule has 0 unspecified atom stereocenters. The van der Waals surface area contributed by atoms with Crippen molar-refractivity contribution >= 4 is 39.6 Å². The number of anilines is 3. The van der Waals surface area contributed by atoms with Gasteiger partial charge in [0.1, 0.15) is 5.82 Å². The van der Waals surface area contributed by atoms with E-state index in [0.29, 0.717) is 16.2 Å². The molecule has 3 heterocycles. The fourth-order valence-corrected chi connectivity index (χ4v) is 4.31. The van der Waals surface area contributed by atoms with Crippen LogP contribution < -0.4 is 15.8 Å². The van der Waals surface area contributed by atoms with E-state index < -0.39 is 0 Å². The first-order chi connectivity index (χ1) is 15.6. The number of hydrogen-bond donors (Lipinski definition) is 2. The lowest BCUT2D eigenvalue weighted by Crippen LogP contribution is -2.36. The summed E-state index contributed by atoms with van der Waals surface area (Å²) in [5, 5.41) is 5.35. The Bertz CT molecular complexity index is 1330. The second kappa shape index (κ2) is 8.65. The van der Waals surface area contributed by atoms with Crippen LogP contribution in [0.4, 0.5) is 17.2 Å². The number of halogens is 1. The molecule has 1 aliphatic heterocycles. The largest absolute Gasteiger partial charge is 0.378 e. The SMILES string of the molecule is Cc1c(Cl)cccc1-c1c[nH]c(=O)c2c(Nc3ccc(N4CCOCC4)cc3)nccc12. The molecule has 7 heteroatoms. The highest BCUT2D eigenvalue weighted by molar-refractivity contribution is 6.31. The lowest BCUT2D eigenvalue weighted by Gasteiger charge is -2.28. The van der Waals surface area contributed by atoms with Crippen LogP contribution in [-0.4, -0.2) is 36.3 Å². The number of H-pyrrole nitrogens is 1. The summed E-state index contributed by atoms with van der Waals surface area (Å²) < 4.78 is 5.43. The molecule has 0 atom stereocenters. The van der Waals surface area contributed by atoms with Gasteiger partial charge in [0, 0.05) is 52.8 Å². The number of fused-ring (bicyclic) bond motifs is 1. The van der Waals surface area contributed by atoms with E-state index >= 15 is 0 Å². The molecule has 1 fully saturated rings. The Morgan fingerprint density at radius 2 is 1.84 bits per heavy atom. The topological polar surface area (TPSA) is 70.2 Å². The quantitative estimate of drug-likeness (QED) is 0.454. The van der Waals surface area contributed by atoms with Crippen molar-refractivity contribution in [1.29, 1.82) is 0 Å². The van der Waals surface area contributed by atoms with Gasteiger partial charge in [-0.1, -0.05) is 23.7 Å². The van der Waals surface area contributed by atoms with Crippen molar-refractivity contribution in [3.05, 3.63) is 81.9 Å². The van der Waals surface area contributed by atoms with Gasteiger partial charge in [-0.25, -0.2) is 4.98 Å². The smallest absolute Gasteiger partial charge is 0.259 e. The fraction of sp³-hybridized carbons (Fsp3) is 0.200. The Morgan fingerprint density at radius 1 is 1.06 bits per heavy atom. The first-order valence-electron chi connectivity index (χ1n) is 10.6. The van der Waals surface area contributed by atoms with Gasteiger partial charge in [0.2, 0.25) is 0 Å². The molecule has 6 nitrogen and oxygen atoms in total. The van der Waals surface area contributed by atoms with E-state index in [2.05, 4.69) is 32.3 Å². The third kappa shape index (κ3) is 3.83. The van der Waals surface area contributed by atoms with Gasteiger partial charge in [-0.2, -0.15) is 0 Å². The van der Waals surface area contributed by atoms with Crippen molar-refractivity contribution < 1.29 is 4.74 Å². The summed E-state index contributed by atoms with van der Waals surface area (Å²) in [6.45, 7) is 5.25. The lowest BCUT2D eigenvalue weighted by atomic mass is 9.97. The number of benzene rings is 2. The van der Waals surface area contributed by atoms with E-state index in [-0.39, 0.29) is 5.56 Å². The summed E-state index contributed by atoms with van der Waals surface area (Å²) in [6.07, 6.45) is 3.46. The van der Waals surface area contributed by atoms with E-state index in [9.17, 15) is 4.79 Å². The first kappa shape index (κ1) is 20.5. The van der Waals surface area contributed by atoms with Crippen LogP contribution in [-0.2, 0) is 4.74 Å². The van der Waals surface area contributed by atoms with Gasteiger partial charge in [-0.15, -0.1) is 0 Å². The third-order valence-corrected chi connectivity index (χ3v) is 6.29. The molecule has 0 radical (unpaired) electrons. The van der Waals surface area contributed by atoms with Crippen LogP contribution in [0.5, 0.6) is 0 Å². The van der Waals surface area contributed by atoms with E-state index in [1.54, 1.807) is 12.4 Å². The van der Waals surface area contributed by atoms with Gasteiger partial charge in [0.15, 0.2) is 0 Å². The number of nitrogens with zero attached hydrogens (tertiary/aromatic N) is 2. The van der Waals surface area contributed by atoms with Crippen molar-refractivity contribution in [3.8, 4) is 11.1 Å². The zero-order chi connectivity index (χ0) is 22.1. The number of hydrogen-bond acceptors (Lipinski definition) is 5. The molecule has 0 saturated carbocycles. The summed E-state index contributed by atoms with van der Waals surface area (Å²) >= 11 is 6.35. The van der Waals surface area contributed by atoms with Crippen molar-refractivity contribution in [2.75, 3.05) is 36.5 Å². The highest BCUT2D eigenvalue weighted by atomic mass is 35.5. The Labute approximate surface area is 190 Å². The molecule has 1 saturated heterocycles. The summed E-state index contributed by atoms with van der Waals surface area (Å²) in [5.74, 6) is 0.518. The minimum Gasteiger partial charge on any atom is -0.378 e. The molecule has 0 amide bonds. The van der Waals surface area contributed by atoms with Crippen molar-refractivity contribution in [1.82, 2.24) is 9.97 Å². The molecule has 4 aromatic rings. The zero-order valence-electron chi connectivity index (χ0n) is 17.7. The molecule has 0 bridgehead atoms. The standard InChI is InChI=1S/C25H23ClN4O2/c1-16-19(3-2-4-22(16)26)21-15-28-25(31)23-20(21)9-10-27-24(23)29-17-5-7-18(8-6-17)30-11-13-32-14-12-30/h2-10,15H,11-14H2,1H3,(H,27,29)(H,28,31). The molecular formula is C25H23ClN4O2. The average Bonchev–Trinajstić information content (AvgIpc) is 2.83. The molecule has 5 rings (SSSR count). The first-order valence-corrected chi connectivity index (χ1v) is 11.0. The highest BCUT2D eigenvalue weighted by Gasteiger charge is 2.15. The van der Waals surface area contributed by atoms with Gasteiger partial charge in [-0.3, -0.25) is 4.79 Å². The summed E-state index contributed by atoms with van der Waals surface area (Å²) in [4.78, 5) is 22.4. The maximum absolute atomic E-state index is 12.8. The molecule has 0 aliphatic carbocycles. The maximum Gasteiger partial charge on any atom is 0.259 e. The van der Waals surface area contributed by atoms with Crippen LogP contribution in [0.25, 0.3) is 21.9 Å². The summed E-state index contributed by atoms with van der Waals surface area (Å²) in [6, 6.07) is 15.8. The predicted octanol–water partition coefficient (Wildman–Crippen LogP) is 5.13. The molecular weight excluding hydrogens is 424 g/mol. The summed E-state index contributed by atoms with van der Waals surface area (Å²) in [5.41, 5.74) is 4.68. The number of aromatic nitrogens is 2. The number of ether oxygens (including phenoxy) is 1. The predicted molar refractivity (Wildman–Crippen MR) is 130 cm³/mol. The average molecular weight is 447 g/mol.